The van der Waals surface area contributed by atoms with E-state index in [0.29, 0.717) is 17.6 Å². The van der Waals surface area contributed by atoms with Crippen molar-refractivity contribution in [2.24, 2.45) is 0 Å². The highest BCUT2D eigenvalue weighted by Gasteiger charge is 2.20. The molecule has 0 spiro atoms. The molecule has 0 aliphatic heterocycles. The number of methoxy groups -OCH3 is 2. The second-order valence-corrected chi connectivity index (χ2v) is 5.38. The number of amides is 1. The van der Waals surface area contributed by atoms with Crippen molar-refractivity contribution in [1.82, 2.24) is 9.88 Å². The Hall–Kier alpha value is -1.18. The van der Waals surface area contributed by atoms with Gasteiger partial charge in [0.2, 0.25) is 0 Å². The summed E-state index contributed by atoms with van der Waals surface area (Å²) < 4.78 is 10.2. The summed E-state index contributed by atoms with van der Waals surface area (Å²) in [4.78, 5) is 29.1. The maximum absolute atomic E-state index is 12.5. The van der Waals surface area contributed by atoms with Gasteiger partial charge >= 0.3 is 5.97 Å². The fourth-order valence-electron chi connectivity index (χ4n) is 1.59. The molecule has 0 aromatic carbocycles. The van der Waals surface area contributed by atoms with Gasteiger partial charge in [-0.25, -0.2) is 4.98 Å². The molecular weight excluding hydrogens is 364 g/mol. The van der Waals surface area contributed by atoms with Crippen molar-refractivity contribution in [3.05, 3.63) is 27.5 Å². The largest absolute Gasteiger partial charge is 0.469 e. The third kappa shape index (κ3) is 5.61. The van der Waals surface area contributed by atoms with Gasteiger partial charge in [-0.2, -0.15) is 0 Å². The minimum atomic E-state index is -0.385. The van der Waals surface area contributed by atoms with E-state index in [-0.39, 0.29) is 35.6 Å². The summed E-state index contributed by atoms with van der Waals surface area (Å²) in [7, 11) is 2.84. The Bertz CT molecular complexity index is 513. The summed E-state index contributed by atoms with van der Waals surface area (Å²) in [5.41, 5.74) is 0.270. The zero-order chi connectivity index (χ0) is 15.8. The SMILES string of the molecule is COCCN(CCC(=O)OC)C(=O)c1cc(Br)cnc1Cl. The van der Waals surface area contributed by atoms with Crippen LogP contribution in [-0.4, -0.2) is 55.7 Å². The summed E-state index contributed by atoms with van der Waals surface area (Å²) >= 11 is 9.21. The highest BCUT2D eigenvalue weighted by molar-refractivity contribution is 9.10. The van der Waals surface area contributed by atoms with Gasteiger partial charge in [0.05, 0.1) is 25.7 Å². The lowest BCUT2D eigenvalue weighted by Gasteiger charge is -2.22. The average Bonchev–Trinajstić information content (AvgIpc) is 2.48. The van der Waals surface area contributed by atoms with E-state index in [1.807, 2.05) is 0 Å². The van der Waals surface area contributed by atoms with Crippen molar-refractivity contribution in [2.75, 3.05) is 33.9 Å². The second-order valence-electron chi connectivity index (χ2n) is 4.10. The van der Waals surface area contributed by atoms with Gasteiger partial charge in [-0.3, -0.25) is 9.59 Å². The highest BCUT2D eigenvalue weighted by Crippen LogP contribution is 2.20. The molecule has 0 unspecified atom stereocenters. The zero-order valence-corrected chi connectivity index (χ0v) is 14.1. The number of carbonyl (C=O) groups is 2. The lowest BCUT2D eigenvalue weighted by molar-refractivity contribution is -0.140. The van der Waals surface area contributed by atoms with E-state index in [0.717, 1.165) is 0 Å². The van der Waals surface area contributed by atoms with Crippen LogP contribution in [0.3, 0.4) is 0 Å². The molecule has 6 nitrogen and oxygen atoms in total. The first-order valence-electron chi connectivity index (χ1n) is 6.15. The third-order valence-corrected chi connectivity index (χ3v) is 3.44. The Kier molecular flexibility index (Phi) is 7.63. The molecule has 0 aliphatic rings. The Morgan fingerprint density at radius 2 is 2.10 bits per heavy atom. The first kappa shape index (κ1) is 17.9. The normalized spacial score (nSPS) is 10.3. The Morgan fingerprint density at radius 1 is 1.38 bits per heavy atom. The lowest BCUT2D eigenvalue weighted by atomic mass is 10.2. The fraction of sp³-hybridized carbons (Fsp3) is 0.462. The van der Waals surface area contributed by atoms with Crippen LogP contribution < -0.4 is 0 Å². The van der Waals surface area contributed by atoms with Crippen LogP contribution in [0, 0.1) is 0 Å². The molecule has 0 aliphatic carbocycles. The van der Waals surface area contributed by atoms with Crippen LogP contribution in [0.15, 0.2) is 16.7 Å². The molecule has 1 aromatic rings. The summed E-state index contributed by atoms with van der Waals surface area (Å²) in [5.74, 6) is -0.696. The maximum atomic E-state index is 12.5. The van der Waals surface area contributed by atoms with E-state index in [1.54, 1.807) is 6.07 Å². The van der Waals surface area contributed by atoms with Crippen LogP contribution in [0.2, 0.25) is 5.15 Å². The number of hydrogen-bond acceptors (Lipinski definition) is 5. The predicted molar refractivity (Wildman–Crippen MR) is 81.4 cm³/mol. The highest BCUT2D eigenvalue weighted by atomic mass is 79.9. The van der Waals surface area contributed by atoms with Crippen LogP contribution in [0.25, 0.3) is 0 Å². The lowest BCUT2D eigenvalue weighted by Crippen LogP contribution is -2.36. The minimum absolute atomic E-state index is 0.102. The summed E-state index contributed by atoms with van der Waals surface area (Å²) in [6.45, 7) is 0.916. The predicted octanol–water partition coefficient (Wildman–Crippen LogP) is 2.15. The Morgan fingerprint density at radius 3 is 2.71 bits per heavy atom. The number of hydrogen-bond donors (Lipinski definition) is 0. The molecule has 1 amide bonds. The first-order valence-corrected chi connectivity index (χ1v) is 7.32. The number of pyridine rings is 1. The average molecular weight is 380 g/mol. The van der Waals surface area contributed by atoms with Gasteiger partial charge in [0.1, 0.15) is 5.15 Å². The monoisotopic (exact) mass is 378 g/mol. The Labute approximate surface area is 136 Å². The van der Waals surface area contributed by atoms with Gasteiger partial charge in [0.15, 0.2) is 0 Å². The third-order valence-electron chi connectivity index (χ3n) is 2.70. The molecule has 0 radical (unpaired) electrons. The zero-order valence-electron chi connectivity index (χ0n) is 11.8. The molecule has 1 heterocycles. The smallest absolute Gasteiger partial charge is 0.307 e. The quantitative estimate of drug-likeness (QED) is 0.536. The van der Waals surface area contributed by atoms with E-state index in [9.17, 15) is 9.59 Å². The summed E-state index contributed by atoms with van der Waals surface area (Å²) in [5, 5.41) is 0.115. The van der Waals surface area contributed by atoms with Gasteiger partial charge in [-0.15, -0.1) is 0 Å². The van der Waals surface area contributed by atoms with Crippen molar-refractivity contribution in [1.29, 1.82) is 0 Å². The molecule has 0 bridgehead atoms. The van der Waals surface area contributed by atoms with Gasteiger partial charge in [0, 0.05) is 30.9 Å². The molecular formula is C13H16BrClN2O4. The summed E-state index contributed by atoms with van der Waals surface area (Å²) in [6.07, 6.45) is 1.61. The van der Waals surface area contributed by atoms with E-state index in [4.69, 9.17) is 16.3 Å². The number of esters is 1. The van der Waals surface area contributed by atoms with E-state index in [2.05, 4.69) is 25.7 Å². The molecule has 0 saturated heterocycles. The molecule has 0 fully saturated rings. The van der Waals surface area contributed by atoms with Gasteiger partial charge in [-0.1, -0.05) is 11.6 Å². The first-order chi connectivity index (χ1) is 9.99. The maximum Gasteiger partial charge on any atom is 0.307 e. The van der Waals surface area contributed by atoms with Crippen LogP contribution in [0.4, 0.5) is 0 Å². The fourth-order valence-corrected chi connectivity index (χ4v) is 2.10. The van der Waals surface area contributed by atoms with E-state index in [1.165, 1.54) is 25.3 Å². The molecule has 116 valence electrons. The Balaban J connectivity index is 2.87. The van der Waals surface area contributed by atoms with Crippen molar-refractivity contribution < 1.29 is 19.1 Å². The van der Waals surface area contributed by atoms with E-state index >= 15 is 0 Å². The van der Waals surface area contributed by atoms with Gasteiger partial charge in [-0.05, 0) is 22.0 Å². The van der Waals surface area contributed by atoms with Crippen LogP contribution >= 0.6 is 27.5 Å². The number of carbonyl (C=O) groups excluding carboxylic acids is 2. The van der Waals surface area contributed by atoms with E-state index < -0.39 is 0 Å². The number of ether oxygens (including phenoxy) is 2. The minimum Gasteiger partial charge on any atom is -0.469 e. The van der Waals surface area contributed by atoms with Crippen molar-refractivity contribution in [2.45, 2.75) is 6.42 Å². The number of rotatable bonds is 7. The molecule has 21 heavy (non-hydrogen) atoms. The van der Waals surface area contributed by atoms with Crippen molar-refractivity contribution in [3.8, 4) is 0 Å². The molecule has 1 aromatic heterocycles. The van der Waals surface area contributed by atoms with Crippen LogP contribution in [0.1, 0.15) is 16.8 Å². The molecule has 8 heteroatoms. The molecule has 1 rings (SSSR count). The molecule has 0 atom stereocenters. The van der Waals surface area contributed by atoms with Gasteiger partial charge < -0.3 is 14.4 Å². The number of halogens is 2. The van der Waals surface area contributed by atoms with Crippen molar-refractivity contribution in [3.63, 3.8) is 0 Å². The standard InChI is InChI=1S/C13H16BrClN2O4/c1-20-6-5-17(4-3-11(18)21-2)13(19)10-7-9(14)8-16-12(10)15/h7-8H,3-6H2,1-2H3. The van der Waals surface area contributed by atoms with Crippen LogP contribution in [0.5, 0.6) is 0 Å². The van der Waals surface area contributed by atoms with Crippen LogP contribution in [-0.2, 0) is 14.3 Å². The van der Waals surface area contributed by atoms with Gasteiger partial charge in [0.25, 0.3) is 5.91 Å². The molecule has 0 N–H and O–H groups in total. The second kappa shape index (κ2) is 8.96. The van der Waals surface area contributed by atoms with Crippen molar-refractivity contribution >= 4 is 39.4 Å². The topological polar surface area (TPSA) is 68.7 Å². The summed E-state index contributed by atoms with van der Waals surface area (Å²) in [6, 6.07) is 1.59. The number of nitrogens with zero attached hydrogens (tertiary/aromatic N) is 2. The molecule has 0 saturated carbocycles. The number of aromatic nitrogens is 1.